The zero-order valence-electron chi connectivity index (χ0n) is 18.2. The number of nitrogens with one attached hydrogen (secondary N) is 1. The maximum atomic E-state index is 12.7. The summed E-state index contributed by atoms with van der Waals surface area (Å²) in [5.74, 6) is 0.609. The molecular formula is C24H25N5O2S. The molecule has 0 saturated heterocycles. The number of rotatable bonds is 5. The van der Waals surface area contributed by atoms with E-state index in [2.05, 4.69) is 33.7 Å². The van der Waals surface area contributed by atoms with Crippen LogP contribution in [0.25, 0.3) is 16.7 Å². The van der Waals surface area contributed by atoms with Gasteiger partial charge in [-0.1, -0.05) is 42.1 Å². The maximum absolute atomic E-state index is 12.7. The number of hydrogen-bond donors (Lipinski definition) is 1. The first-order chi connectivity index (χ1) is 15.5. The van der Waals surface area contributed by atoms with E-state index in [1.165, 1.54) is 40.3 Å². The lowest BCUT2D eigenvalue weighted by Crippen LogP contribution is -2.28. The van der Waals surface area contributed by atoms with Gasteiger partial charge in [0.05, 0.1) is 22.7 Å². The molecule has 164 valence electrons. The molecule has 0 fully saturated rings. The molecule has 0 bridgehead atoms. The summed E-state index contributed by atoms with van der Waals surface area (Å²) in [6.45, 7) is 2.02. The number of para-hydroxylation sites is 1. The SMILES string of the molecule is CC(NC(=O)CSc1nnc2n(C)c(=O)c3ccccc3n12)c1ccc2c(c1)CCCC2. The summed E-state index contributed by atoms with van der Waals surface area (Å²) in [4.78, 5) is 25.3. The van der Waals surface area contributed by atoms with Crippen molar-refractivity contribution in [1.82, 2.24) is 24.5 Å². The Bertz CT molecular complexity index is 1390. The van der Waals surface area contributed by atoms with Crippen molar-refractivity contribution in [1.29, 1.82) is 0 Å². The molecule has 1 atom stereocenters. The van der Waals surface area contributed by atoms with Crippen LogP contribution in [0.5, 0.6) is 0 Å². The van der Waals surface area contributed by atoms with Crippen LogP contribution in [0.15, 0.2) is 52.4 Å². The average molecular weight is 448 g/mol. The Morgan fingerprint density at radius 3 is 2.75 bits per heavy atom. The number of hydrogen-bond acceptors (Lipinski definition) is 5. The lowest BCUT2D eigenvalue weighted by Gasteiger charge is -2.20. The third-order valence-corrected chi connectivity index (χ3v) is 7.11. The predicted octanol–water partition coefficient (Wildman–Crippen LogP) is 3.43. The highest BCUT2D eigenvalue weighted by molar-refractivity contribution is 7.99. The Morgan fingerprint density at radius 2 is 1.91 bits per heavy atom. The summed E-state index contributed by atoms with van der Waals surface area (Å²) in [6.07, 6.45) is 4.77. The molecular weight excluding hydrogens is 422 g/mol. The van der Waals surface area contributed by atoms with Crippen molar-refractivity contribution in [3.8, 4) is 0 Å². The minimum absolute atomic E-state index is 0.0629. The molecule has 0 spiro atoms. The van der Waals surface area contributed by atoms with Crippen molar-refractivity contribution in [2.24, 2.45) is 7.05 Å². The molecule has 1 amide bonds. The zero-order chi connectivity index (χ0) is 22.2. The van der Waals surface area contributed by atoms with Gasteiger partial charge in [0.1, 0.15) is 0 Å². The first-order valence-corrected chi connectivity index (χ1v) is 11.9. The molecule has 2 heterocycles. The van der Waals surface area contributed by atoms with Crippen molar-refractivity contribution >= 4 is 34.3 Å². The number of fused-ring (bicyclic) bond motifs is 4. The van der Waals surface area contributed by atoms with Gasteiger partial charge in [-0.2, -0.15) is 0 Å². The minimum Gasteiger partial charge on any atom is -0.349 e. The van der Waals surface area contributed by atoms with E-state index in [1.54, 1.807) is 13.1 Å². The van der Waals surface area contributed by atoms with Crippen molar-refractivity contribution in [3.05, 3.63) is 69.5 Å². The topological polar surface area (TPSA) is 81.3 Å². The van der Waals surface area contributed by atoms with Gasteiger partial charge in [0.2, 0.25) is 11.7 Å². The Labute approximate surface area is 189 Å². The number of aromatic nitrogens is 4. The summed E-state index contributed by atoms with van der Waals surface area (Å²) in [7, 11) is 1.68. The normalized spacial score (nSPS) is 14.4. The van der Waals surface area contributed by atoms with Crippen LogP contribution in [0.3, 0.4) is 0 Å². The molecule has 4 aromatic rings. The van der Waals surface area contributed by atoms with E-state index in [0.29, 0.717) is 16.3 Å². The van der Waals surface area contributed by atoms with E-state index >= 15 is 0 Å². The second-order valence-corrected chi connectivity index (χ2v) is 9.25. The van der Waals surface area contributed by atoms with Crippen LogP contribution in [0.1, 0.15) is 42.5 Å². The van der Waals surface area contributed by atoms with Crippen LogP contribution in [0.2, 0.25) is 0 Å². The van der Waals surface area contributed by atoms with E-state index in [-0.39, 0.29) is 23.3 Å². The fraction of sp³-hybridized carbons (Fsp3) is 0.333. The largest absolute Gasteiger partial charge is 0.349 e. The summed E-state index contributed by atoms with van der Waals surface area (Å²) in [5, 5.41) is 12.7. The minimum atomic E-state index is -0.117. The number of aryl methyl sites for hydroxylation is 3. The van der Waals surface area contributed by atoms with Crippen molar-refractivity contribution in [2.45, 2.75) is 43.8 Å². The Morgan fingerprint density at radius 1 is 1.12 bits per heavy atom. The second-order valence-electron chi connectivity index (χ2n) is 8.31. The van der Waals surface area contributed by atoms with E-state index in [0.717, 1.165) is 23.9 Å². The van der Waals surface area contributed by atoms with E-state index in [1.807, 2.05) is 29.5 Å². The molecule has 7 nitrogen and oxygen atoms in total. The van der Waals surface area contributed by atoms with Crippen LogP contribution in [-0.4, -0.2) is 30.8 Å². The van der Waals surface area contributed by atoms with Crippen LogP contribution >= 0.6 is 11.8 Å². The van der Waals surface area contributed by atoms with E-state index < -0.39 is 0 Å². The number of nitrogens with zero attached hydrogens (tertiary/aromatic N) is 4. The fourth-order valence-electron chi connectivity index (χ4n) is 4.42. The maximum Gasteiger partial charge on any atom is 0.262 e. The number of carbonyl (C=O) groups is 1. The molecule has 1 aliphatic carbocycles. The molecule has 1 N–H and O–H groups in total. The molecule has 2 aromatic carbocycles. The number of benzene rings is 2. The number of amides is 1. The van der Waals surface area contributed by atoms with Crippen LogP contribution in [0.4, 0.5) is 0 Å². The highest BCUT2D eigenvalue weighted by Crippen LogP contribution is 2.25. The smallest absolute Gasteiger partial charge is 0.262 e. The second kappa shape index (κ2) is 8.43. The first kappa shape index (κ1) is 20.8. The summed E-state index contributed by atoms with van der Waals surface area (Å²) < 4.78 is 3.32. The molecule has 1 unspecified atom stereocenters. The van der Waals surface area contributed by atoms with Gasteiger partial charge < -0.3 is 5.32 Å². The molecule has 0 aliphatic heterocycles. The predicted molar refractivity (Wildman–Crippen MR) is 126 cm³/mol. The van der Waals surface area contributed by atoms with Crippen molar-refractivity contribution < 1.29 is 4.79 Å². The Kier molecular flexibility index (Phi) is 5.46. The van der Waals surface area contributed by atoms with Gasteiger partial charge in [0, 0.05) is 7.05 Å². The van der Waals surface area contributed by atoms with Gasteiger partial charge in [-0.05, 0) is 61.4 Å². The molecule has 0 radical (unpaired) electrons. The van der Waals surface area contributed by atoms with Gasteiger partial charge in [0.15, 0.2) is 5.16 Å². The lowest BCUT2D eigenvalue weighted by molar-refractivity contribution is -0.119. The van der Waals surface area contributed by atoms with E-state index in [9.17, 15) is 9.59 Å². The lowest BCUT2D eigenvalue weighted by atomic mass is 9.89. The average Bonchev–Trinajstić information content (AvgIpc) is 3.25. The Balaban J connectivity index is 1.33. The summed E-state index contributed by atoms with van der Waals surface area (Å²) >= 11 is 1.32. The van der Waals surface area contributed by atoms with Crippen molar-refractivity contribution in [2.75, 3.05) is 5.75 Å². The molecule has 1 aliphatic rings. The van der Waals surface area contributed by atoms with Gasteiger partial charge in [-0.15, -0.1) is 10.2 Å². The highest BCUT2D eigenvalue weighted by Gasteiger charge is 2.18. The fourth-order valence-corrected chi connectivity index (χ4v) is 5.18. The van der Waals surface area contributed by atoms with Gasteiger partial charge in [-0.25, -0.2) is 0 Å². The quantitative estimate of drug-likeness (QED) is 0.474. The first-order valence-electron chi connectivity index (χ1n) is 10.9. The molecule has 2 aromatic heterocycles. The van der Waals surface area contributed by atoms with Crippen LogP contribution in [-0.2, 0) is 24.7 Å². The highest BCUT2D eigenvalue weighted by atomic mass is 32.2. The van der Waals surface area contributed by atoms with E-state index in [4.69, 9.17) is 0 Å². The van der Waals surface area contributed by atoms with Crippen molar-refractivity contribution in [3.63, 3.8) is 0 Å². The molecule has 0 saturated carbocycles. The molecule has 8 heteroatoms. The number of carbonyl (C=O) groups excluding carboxylic acids is 1. The third-order valence-electron chi connectivity index (χ3n) is 6.18. The monoisotopic (exact) mass is 447 g/mol. The van der Waals surface area contributed by atoms with Gasteiger partial charge in [0.25, 0.3) is 5.56 Å². The van der Waals surface area contributed by atoms with Gasteiger partial charge >= 0.3 is 0 Å². The standard InChI is InChI=1S/C24H25N5O2S/c1-15(17-12-11-16-7-3-4-8-18(16)13-17)25-21(30)14-32-24-27-26-23-28(2)22(31)19-9-5-6-10-20(19)29(23)24/h5-6,9-13,15H,3-4,7-8,14H2,1-2H3,(H,25,30). The van der Waals surface area contributed by atoms with Crippen LogP contribution in [0, 0.1) is 0 Å². The molecule has 32 heavy (non-hydrogen) atoms. The third kappa shape index (κ3) is 3.68. The number of thioether (sulfide) groups is 1. The summed E-state index contributed by atoms with van der Waals surface area (Å²) in [5.41, 5.74) is 4.61. The molecule has 5 rings (SSSR count). The Hall–Kier alpha value is -3.13. The van der Waals surface area contributed by atoms with Crippen LogP contribution < -0.4 is 10.9 Å². The summed E-state index contributed by atoms with van der Waals surface area (Å²) in [6, 6.07) is 13.9. The zero-order valence-corrected chi connectivity index (χ0v) is 19.0. The van der Waals surface area contributed by atoms with Gasteiger partial charge in [-0.3, -0.25) is 18.6 Å².